The highest BCUT2D eigenvalue weighted by molar-refractivity contribution is 6.07. The van der Waals surface area contributed by atoms with Crippen molar-refractivity contribution in [2.75, 3.05) is 20.1 Å². The first-order chi connectivity index (χ1) is 15.6. The summed E-state index contributed by atoms with van der Waals surface area (Å²) >= 11 is 0. The first-order valence-electron chi connectivity index (χ1n) is 10.8. The molecular weight excluding hydrogens is 420 g/mol. The molecule has 0 aromatic heterocycles. The molecule has 174 valence electrons. The summed E-state index contributed by atoms with van der Waals surface area (Å²) in [6, 6.07) is 17.1. The van der Waals surface area contributed by atoms with E-state index in [1.165, 1.54) is 16.8 Å². The first kappa shape index (κ1) is 24.0. The highest BCUT2D eigenvalue weighted by Gasteiger charge is 2.46. The highest BCUT2D eigenvalue weighted by atomic mass is 16.2. The van der Waals surface area contributed by atoms with Crippen LogP contribution in [-0.2, 0) is 20.9 Å². The van der Waals surface area contributed by atoms with E-state index in [0.717, 1.165) is 10.5 Å². The van der Waals surface area contributed by atoms with Gasteiger partial charge in [-0.3, -0.25) is 19.3 Å². The molecule has 1 aliphatic heterocycles. The van der Waals surface area contributed by atoms with Gasteiger partial charge >= 0.3 is 6.03 Å². The predicted molar refractivity (Wildman–Crippen MR) is 124 cm³/mol. The number of nitrogens with zero attached hydrogens (tertiary/aromatic N) is 3. The fourth-order valence-electron chi connectivity index (χ4n) is 3.70. The van der Waals surface area contributed by atoms with Crippen LogP contribution in [0.25, 0.3) is 0 Å². The summed E-state index contributed by atoms with van der Waals surface area (Å²) in [5.41, 5.74) is 1.13. The Balaban J connectivity index is 1.78. The van der Waals surface area contributed by atoms with Crippen molar-refractivity contribution in [1.82, 2.24) is 20.0 Å². The summed E-state index contributed by atoms with van der Waals surface area (Å²) in [5, 5.41) is 2.79. The minimum Gasteiger partial charge on any atom is -0.350 e. The van der Waals surface area contributed by atoms with Crippen LogP contribution in [0.15, 0.2) is 60.7 Å². The van der Waals surface area contributed by atoms with E-state index in [2.05, 4.69) is 5.32 Å². The second-order valence-corrected chi connectivity index (χ2v) is 9.18. The zero-order valence-corrected chi connectivity index (χ0v) is 19.4. The summed E-state index contributed by atoms with van der Waals surface area (Å²) in [6.45, 7) is 5.19. The largest absolute Gasteiger partial charge is 0.350 e. The third-order valence-electron chi connectivity index (χ3n) is 5.21. The lowest BCUT2D eigenvalue weighted by Crippen LogP contribution is -2.48. The van der Waals surface area contributed by atoms with Gasteiger partial charge in [-0.25, -0.2) is 4.79 Å². The van der Waals surface area contributed by atoms with Crippen LogP contribution < -0.4 is 5.32 Å². The van der Waals surface area contributed by atoms with E-state index >= 15 is 0 Å². The molecule has 0 saturated carbocycles. The SMILES string of the molecule is CN(CC(=O)NC(C)(C)C)C(=O)CN1C(=O)C(c2ccccc2)N(Cc2ccccc2)C1=O. The smallest absolute Gasteiger partial charge is 0.328 e. The average Bonchev–Trinajstić information content (AvgIpc) is 2.97. The normalized spacial score (nSPS) is 16.2. The van der Waals surface area contributed by atoms with E-state index < -0.39 is 36.0 Å². The molecule has 33 heavy (non-hydrogen) atoms. The van der Waals surface area contributed by atoms with E-state index in [1.54, 1.807) is 12.1 Å². The minimum absolute atomic E-state index is 0.165. The highest BCUT2D eigenvalue weighted by Crippen LogP contribution is 2.32. The molecule has 2 aromatic rings. The maximum atomic E-state index is 13.3. The average molecular weight is 451 g/mol. The number of benzene rings is 2. The molecule has 1 heterocycles. The van der Waals surface area contributed by atoms with Gasteiger partial charge in [-0.15, -0.1) is 0 Å². The van der Waals surface area contributed by atoms with Crippen molar-refractivity contribution in [3.05, 3.63) is 71.8 Å². The van der Waals surface area contributed by atoms with Crippen molar-refractivity contribution in [3.63, 3.8) is 0 Å². The summed E-state index contributed by atoms with van der Waals surface area (Å²) in [6.07, 6.45) is 0. The monoisotopic (exact) mass is 450 g/mol. The van der Waals surface area contributed by atoms with Gasteiger partial charge in [0.2, 0.25) is 11.8 Å². The Hall–Kier alpha value is -3.68. The zero-order chi connectivity index (χ0) is 24.2. The number of hydrogen-bond donors (Lipinski definition) is 1. The molecule has 0 aliphatic carbocycles. The number of urea groups is 1. The van der Waals surface area contributed by atoms with Crippen molar-refractivity contribution < 1.29 is 19.2 Å². The second kappa shape index (κ2) is 9.85. The molecule has 2 aromatic carbocycles. The Morgan fingerprint density at radius 3 is 2.12 bits per heavy atom. The van der Waals surface area contributed by atoms with Gasteiger partial charge in [0.15, 0.2) is 0 Å². The Morgan fingerprint density at radius 2 is 1.55 bits per heavy atom. The van der Waals surface area contributed by atoms with Crippen molar-refractivity contribution in [1.29, 1.82) is 0 Å². The molecule has 8 nitrogen and oxygen atoms in total. The third-order valence-corrected chi connectivity index (χ3v) is 5.21. The van der Waals surface area contributed by atoms with Crippen LogP contribution in [0, 0.1) is 0 Å². The molecular formula is C25H30N4O4. The van der Waals surface area contributed by atoms with E-state index in [9.17, 15) is 19.2 Å². The lowest BCUT2D eigenvalue weighted by molar-refractivity contribution is -0.138. The van der Waals surface area contributed by atoms with Crippen molar-refractivity contribution in [2.24, 2.45) is 0 Å². The number of nitrogens with one attached hydrogen (secondary N) is 1. The molecule has 3 rings (SSSR count). The molecule has 1 fully saturated rings. The quantitative estimate of drug-likeness (QED) is 0.657. The molecule has 0 bridgehead atoms. The Kier molecular flexibility index (Phi) is 7.16. The Labute approximate surface area is 194 Å². The molecule has 1 saturated heterocycles. The Morgan fingerprint density at radius 1 is 0.970 bits per heavy atom. The standard InChI is InChI=1S/C25H30N4O4/c1-25(2,3)26-20(30)16-27(4)21(31)17-29-23(32)22(19-13-9-6-10-14-19)28(24(29)33)15-18-11-7-5-8-12-18/h5-14,22H,15-17H2,1-4H3,(H,26,30). The summed E-state index contributed by atoms with van der Waals surface area (Å²) in [4.78, 5) is 55.2. The van der Waals surface area contributed by atoms with E-state index in [1.807, 2.05) is 69.3 Å². The van der Waals surface area contributed by atoms with E-state index in [-0.39, 0.29) is 19.0 Å². The molecule has 0 radical (unpaired) electrons. The fraction of sp³-hybridized carbons (Fsp3) is 0.360. The fourth-order valence-corrected chi connectivity index (χ4v) is 3.70. The van der Waals surface area contributed by atoms with Gasteiger partial charge in [0.1, 0.15) is 12.6 Å². The molecule has 1 N–H and O–H groups in total. The van der Waals surface area contributed by atoms with Crippen LogP contribution in [0.4, 0.5) is 4.79 Å². The van der Waals surface area contributed by atoms with Gasteiger partial charge in [-0.1, -0.05) is 60.7 Å². The topological polar surface area (TPSA) is 90.0 Å². The lowest BCUT2D eigenvalue weighted by Gasteiger charge is -2.24. The molecule has 1 unspecified atom stereocenters. The number of amides is 5. The lowest BCUT2D eigenvalue weighted by atomic mass is 10.1. The van der Waals surface area contributed by atoms with Gasteiger partial charge in [0.25, 0.3) is 5.91 Å². The summed E-state index contributed by atoms with van der Waals surface area (Å²) in [5.74, 6) is -1.26. The van der Waals surface area contributed by atoms with E-state index in [0.29, 0.717) is 5.56 Å². The molecule has 1 atom stereocenters. The molecule has 5 amide bonds. The number of carbonyl (C=O) groups excluding carboxylic acids is 4. The number of imide groups is 1. The maximum Gasteiger partial charge on any atom is 0.328 e. The Bertz CT molecular complexity index is 1020. The zero-order valence-electron chi connectivity index (χ0n) is 19.4. The number of likely N-dealkylation sites (N-methyl/N-ethyl adjacent to an activating group) is 1. The van der Waals surface area contributed by atoms with Gasteiger partial charge in [-0.05, 0) is 31.9 Å². The van der Waals surface area contributed by atoms with Crippen LogP contribution in [0.5, 0.6) is 0 Å². The van der Waals surface area contributed by atoms with Crippen LogP contribution >= 0.6 is 0 Å². The predicted octanol–water partition coefficient (Wildman–Crippen LogP) is 2.57. The summed E-state index contributed by atoms with van der Waals surface area (Å²) < 4.78 is 0. The van der Waals surface area contributed by atoms with E-state index in [4.69, 9.17) is 0 Å². The molecule has 8 heteroatoms. The van der Waals surface area contributed by atoms with Crippen molar-refractivity contribution >= 4 is 23.8 Å². The van der Waals surface area contributed by atoms with Crippen LogP contribution in [0.3, 0.4) is 0 Å². The summed E-state index contributed by atoms with van der Waals surface area (Å²) in [7, 11) is 1.48. The van der Waals surface area contributed by atoms with Crippen LogP contribution in [0.1, 0.15) is 37.9 Å². The molecule has 0 spiro atoms. The van der Waals surface area contributed by atoms with Crippen molar-refractivity contribution in [3.8, 4) is 0 Å². The number of rotatable bonds is 7. The van der Waals surface area contributed by atoms with Gasteiger partial charge < -0.3 is 15.1 Å². The minimum atomic E-state index is -0.818. The maximum absolute atomic E-state index is 13.3. The van der Waals surface area contributed by atoms with Crippen molar-refractivity contribution in [2.45, 2.75) is 38.9 Å². The second-order valence-electron chi connectivity index (χ2n) is 9.18. The van der Waals surface area contributed by atoms with Crippen LogP contribution in [0.2, 0.25) is 0 Å². The number of hydrogen-bond acceptors (Lipinski definition) is 4. The van der Waals surface area contributed by atoms with Gasteiger partial charge in [0, 0.05) is 19.1 Å². The molecule has 1 aliphatic rings. The number of carbonyl (C=O) groups is 4. The van der Waals surface area contributed by atoms with Gasteiger partial charge in [0.05, 0.1) is 6.54 Å². The van der Waals surface area contributed by atoms with Gasteiger partial charge in [-0.2, -0.15) is 0 Å². The first-order valence-corrected chi connectivity index (χ1v) is 10.8. The third kappa shape index (κ3) is 5.97. The van der Waals surface area contributed by atoms with Crippen LogP contribution in [-0.4, -0.2) is 64.1 Å².